The number of anilines is 1. The number of thioether (sulfide) groups is 1. The Morgan fingerprint density at radius 3 is 2.74 bits per heavy atom. The first-order chi connectivity index (χ1) is 19.8. The van der Waals surface area contributed by atoms with Crippen molar-refractivity contribution in [3.05, 3.63) is 52.6 Å². The summed E-state index contributed by atoms with van der Waals surface area (Å²) in [4.78, 5) is 46.3. The van der Waals surface area contributed by atoms with Gasteiger partial charge in [0.15, 0.2) is 22.5 Å². The minimum absolute atomic E-state index is 0.0321. The zero-order valence-electron chi connectivity index (χ0n) is 23.3. The number of hydrogen-bond donors (Lipinski definition) is 7. The van der Waals surface area contributed by atoms with Crippen molar-refractivity contribution in [3.63, 3.8) is 0 Å². The number of benzene rings is 1. The van der Waals surface area contributed by atoms with Crippen LogP contribution in [0.3, 0.4) is 0 Å². The molecule has 1 aliphatic rings. The van der Waals surface area contributed by atoms with Crippen LogP contribution in [0.2, 0.25) is 0 Å². The fourth-order valence-corrected chi connectivity index (χ4v) is 6.40. The maximum Gasteiger partial charge on any atom is 0.499 e. The molecule has 17 heteroatoms. The number of imidazole rings is 1. The van der Waals surface area contributed by atoms with Crippen LogP contribution in [-0.2, 0) is 25.1 Å². The van der Waals surface area contributed by atoms with Crippen LogP contribution >= 0.6 is 19.9 Å². The van der Waals surface area contributed by atoms with E-state index in [1.54, 1.807) is 13.8 Å². The van der Waals surface area contributed by atoms with Gasteiger partial charge in [0.25, 0.3) is 5.56 Å². The molecule has 1 aromatic carbocycles. The number of hydrogen-bond acceptors (Lipinski definition) is 14. The normalized spacial score (nSPS) is 24.2. The van der Waals surface area contributed by atoms with Crippen LogP contribution in [0, 0.1) is 5.41 Å². The molecule has 0 bridgehead atoms. The molecule has 8 N–H and O–H groups in total. The number of carbonyl (C=O) groups is 1. The topological polar surface area (TPSA) is 227 Å². The van der Waals surface area contributed by atoms with E-state index in [1.807, 2.05) is 30.3 Å². The Labute approximate surface area is 246 Å². The maximum absolute atomic E-state index is 12.3. The SMILES string of the molecule is CC(C)(CO)C(=O)SCCO[P+](O)(NCc1ccccc1)OCC1OC(n2cnc3c(=O)[nH]c(N)nc32)C(C)(O)C1O. The average Bonchev–Trinajstić information content (AvgIpc) is 3.47. The standard InChI is InChI=1S/C25H35N6O9PS/c1-24(2,13-32)22(35)42-10-9-38-41(37,28-11-15-7-5-4-6-8-15)39-12-16-18(33)25(3,36)21(40-16)31-14-27-17-19(31)29-23(26)30-20(17)34/h4-8,14,16,18,21,28,32-33,36-37H,9-13H2,1-3H3,(H2-,26,29,30,34)/p+1. The molecule has 1 saturated heterocycles. The number of aromatic nitrogens is 4. The van der Waals surface area contributed by atoms with Crippen molar-refractivity contribution >= 4 is 42.1 Å². The number of carbonyl (C=O) groups excluding carboxylic acids is 1. The molecule has 15 nitrogen and oxygen atoms in total. The summed E-state index contributed by atoms with van der Waals surface area (Å²) in [5, 5.41) is 34.2. The van der Waals surface area contributed by atoms with Crippen molar-refractivity contribution in [2.75, 3.05) is 31.3 Å². The van der Waals surface area contributed by atoms with Crippen molar-refractivity contribution in [2.45, 2.75) is 51.4 Å². The Kier molecular flexibility index (Phi) is 10.0. The second-order valence-electron chi connectivity index (χ2n) is 10.6. The quantitative estimate of drug-likeness (QED) is 0.101. The molecule has 5 unspecified atom stereocenters. The first-order valence-electron chi connectivity index (χ1n) is 13.0. The highest BCUT2D eigenvalue weighted by Gasteiger charge is 2.55. The lowest BCUT2D eigenvalue weighted by atomic mass is 9.96. The van der Waals surface area contributed by atoms with Crippen molar-refractivity contribution in [2.24, 2.45) is 5.41 Å². The number of nitrogens with one attached hydrogen (secondary N) is 2. The zero-order chi connectivity index (χ0) is 30.7. The molecule has 1 aliphatic heterocycles. The summed E-state index contributed by atoms with van der Waals surface area (Å²) >= 11 is 0.962. The molecule has 2 aromatic heterocycles. The number of aliphatic hydroxyl groups is 3. The number of rotatable bonds is 13. The van der Waals surface area contributed by atoms with Gasteiger partial charge in [0.1, 0.15) is 31.0 Å². The molecule has 0 saturated carbocycles. The highest BCUT2D eigenvalue weighted by Crippen LogP contribution is 2.54. The van der Waals surface area contributed by atoms with Gasteiger partial charge >= 0.3 is 8.09 Å². The number of ether oxygens (including phenoxy) is 1. The number of nitrogens with two attached hydrogens (primary N) is 1. The molecule has 0 radical (unpaired) electrons. The molecular formula is C25H36N6O9PS+. The van der Waals surface area contributed by atoms with Crippen molar-refractivity contribution in [1.82, 2.24) is 24.6 Å². The molecule has 42 heavy (non-hydrogen) atoms. The van der Waals surface area contributed by atoms with Crippen LogP contribution in [0.15, 0.2) is 41.5 Å². The largest absolute Gasteiger partial charge is 0.499 e. The van der Waals surface area contributed by atoms with E-state index in [0.29, 0.717) is 0 Å². The highest BCUT2D eigenvalue weighted by molar-refractivity contribution is 8.13. The Bertz CT molecular complexity index is 1440. The van der Waals surface area contributed by atoms with E-state index in [-0.39, 0.29) is 47.7 Å². The Balaban J connectivity index is 1.46. The van der Waals surface area contributed by atoms with Crippen LogP contribution in [0.5, 0.6) is 0 Å². The third kappa shape index (κ3) is 7.17. The van der Waals surface area contributed by atoms with E-state index in [2.05, 4.69) is 20.0 Å². The van der Waals surface area contributed by atoms with Gasteiger partial charge in [-0.3, -0.25) is 19.1 Å². The second-order valence-corrected chi connectivity index (χ2v) is 13.6. The van der Waals surface area contributed by atoms with E-state index in [1.165, 1.54) is 17.8 Å². The Hall–Kier alpha value is -2.50. The van der Waals surface area contributed by atoms with E-state index >= 15 is 0 Å². The molecule has 0 aliphatic carbocycles. The lowest BCUT2D eigenvalue weighted by Crippen LogP contribution is -2.44. The predicted octanol–water partition coefficient (Wildman–Crippen LogP) is 0.482. The van der Waals surface area contributed by atoms with Gasteiger partial charge in [0.2, 0.25) is 5.95 Å². The molecule has 3 heterocycles. The summed E-state index contributed by atoms with van der Waals surface area (Å²) in [5.74, 6) is 0.0205. The van der Waals surface area contributed by atoms with Crippen LogP contribution in [0.25, 0.3) is 11.2 Å². The summed E-state index contributed by atoms with van der Waals surface area (Å²) in [5.41, 5.74) is 3.15. The Morgan fingerprint density at radius 2 is 2.05 bits per heavy atom. The van der Waals surface area contributed by atoms with Gasteiger partial charge in [-0.1, -0.05) is 42.1 Å². The van der Waals surface area contributed by atoms with Gasteiger partial charge in [-0.15, -0.1) is 5.09 Å². The number of nitrogens with zero attached hydrogens (tertiary/aromatic N) is 3. The third-order valence-electron chi connectivity index (χ3n) is 6.73. The van der Waals surface area contributed by atoms with E-state index in [4.69, 9.17) is 19.5 Å². The molecular weight excluding hydrogens is 591 g/mol. The van der Waals surface area contributed by atoms with Crippen molar-refractivity contribution < 1.29 is 38.8 Å². The fourth-order valence-electron chi connectivity index (χ4n) is 4.14. The number of fused-ring (bicyclic) bond motifs is 1. The van der Waals surface area contributed by atoms with Crippen molar-refractivity contribution in [3.8, 4) is 0 Å². The van der Waals surface area contributed by atoms with Crippen LogP contribution < -0.4 is 16.4 Å². The predicted molar refractivity (Wildman–Crippen MR) is 156 cm³/mol. The van der Waals surface area contributed by atoms with E-state index in [0.717, 1.165) is 17.3 Å². The summed E-state index contributed by atoms with van der Waals surface area (Å²) < 4.78 is 18.7. The van der Waals surface area contributed by atoms with Gasteiger partial charge in [0, 0.05) is 5.75 Å². The summed E-state index contributed by atoms with van der Waals surface area (Å²) in [7, 11) is -3.79. The zero-order valence-corrected chi connectivity index (χ0v) is 25.0. The molecule has 0 amide bonds. The first-order valence-corrected chi connectivity index (χ1v) is 15.6. The molecule has 5 atom stereocenters. The van der Waals surface area contributed by atoms with Crippen LogP contribution in [0.4, 0.5) is 5.95 Å². The summed E-state index contributed by atoms with van der Waals surface area (Å²) in [6, 6.07) is 9.21. The number of nitrogen functional groups attached to an aromatic ring is 1. The maximum atomic E-state index is 12.3. The first kappa shape index (κ1) is 32.4. The lowest BCUT2D eigenvalue weighted by Gasteiger charge is -2.27. The monoisotopic (exact) mass is 627 g/mol. The molecule has 1 fully saturated rings. The third-order valence-corrected chi connectivity index (χ3v) is 9.50. The van der Waals surface area contributed by atoms with Gasteiger partial charge < -0.3 is 25.8 Å². The summed E-state index contributed by atoms with van der Waals surface area (Å²) in [6.07, 6.45) is -2.62. The molecule has 230 valence electrons. The smallest absolute Gasteiger partial charge is 0.395 e. The Morgan fingerprint density at radius 1 is 1.33 bits per heavy atom. The van der Waals surface area contributed by atoms with Gasteiger partial charge in [-0.2, -0.15) is 18.9 Å². The highest BCUT2D eigenvalue weighted by atomic mass is 32.2. The minimum atomic E-state index is -3.79. The van der Waals surface area contributed by atoms with E-state index < -0.39 is 49.7 Å². The number of aromatic amines is 1. The van der Waals surface area contributed by atoms with Gasteiger partial charge in [-0.05, 0) is 26.3 Å². The average molecular weight is 628 g/mol. The molecule has 0 spiro atoms. The minimum Gasteiger partial charge on any atom is -0.395 e. The molecule has 4 rings (SSSR count). The lowest BCUT2D eigenvalue weighted by molar-refractivity contribution is -0.119. The number of H-pyrrole nitrogens is 1. The number of aliphatic hydroxyl groups excluding tert-OH is 2. The summed E-state index contributed by atoms with van der Waals surface area (Å²) in [6.45, 7) is 4.02. The van der Waals surface area contributed by atoms with Crippen LogP contribution in [0.1, 0.15) is 32.6 Å². The van der Waals surface area contributed by atoms with Gasteiger partial charge in [-0.25, -0.2) is 4.98 Å². The fraction of sp³-hybridized carbons (Fsp3) is 0.520. The van der Waals surface area contributed by atoms with E-state index in [9.17, 15) is 29.8 Å². The van der Waals surface area contributed by atoms with Crippen molar-refractivity contribution in [1.29, 1.82) is 0 Å². The second kappa shape index (κ2) is 13.0. The van der Waals surface area contributed by atoms with Gasteiger partial charge in [0.05, 0.1) is 24.9 Å². The van der Waals surface area contributed by atoms with Crippen LogP contribution in [-0.4, -0.2) is 88.2 Å². The molecule has 3 aromatic rings.